The van der Waals surface area contributed by atoms with Crippen LogP contribution in [-0.4, -0.2) is 15.0 Å². The average Bonchev–Trinajstić information content (AvgIpc) is 3.70. The summed E-state index contributed by atoms with van der Waals surface area (Å²) in [6.45, 7) is 4.61. The van der Waals surface area contributed by atoms with Crippen molar-refractivity contribution in [2.45, 2.75) is 19.3 Å². The van der Waals surface area contributed by atoms with Crippen LogP contribution in [0.2, 0.25) is 0 Å². The van der Waals surface area contributed by atoms with Gasteiger partial charge in [-0.1, -0.05) is 111 Å². The van der Waals surface area contributed by atoms with E-state index in [9.17, 15) is 0 Å². The second-order valence-electron chi connectivity index (χ2n) is 13.9. The maximum atomic E-state index is 6.23. The molecule has 53 heavy (non-hydrogen) atoms. The molecule has 0 saturated carbocycles. The zero-order valence-electron chi connectivity index (χ0n) is 29.2. The summed E-state index contributed by atoms with van der Waals surface area (Å²) < 4.78 is 6.23. The van der Waals surface area contributed by atoms with Gasteiger partial charge in [0.15, 0.2) is 17.5 Å². The van der Waals surface area contributed by atoms with Crippen LogP contribution in [0.4, 0.5) is 0 Å². The molecule has 2 heterocycles. The van der Waals surface area contributed by atoms with Gasteiger partial charge in [-0.2, -0.15) is 42.5 Å². The van der Waals surface area contributed by atoms with E-state index in [1.807, 2.05) is 78.9 Å². The number of para-hydroxylation sites is 1. The maximum Gasteiger partial charge on any atom is 2.00 e. The average molecular weight is 904 g/mol. The summed E-state index contributed by atoms with van der Waals surface area (Å²) in [6, 6.07) is 59.1. The van der Waals surface area contributed by atoms with Crippen molar-refractivity contribution in [2.24, 2.45) is 0 Å². The Bertz CT molecular complexity index is 2820. The number of furan rings is 1. The van der Waals surface area contributed by atoms with E-state index < -0.39 is 0 Å². The van der Waals surface area contributed by atoms with E-state index in [2.05, 4.69) is 98.8 Å². The van der Waals surface area contributed by atoms with Crippen molar-refractivity contribution < 1.29 is 35.5 Å². The minimum Gasteiger partial charge on any atom is -0.456 e. The molecule has 4 nitrogen and oxygen atoms in total. The minimum absolute atomic E-state index is 0. The maximum absolute atomic E-state index is 6.23. The van der Waals surface area contributed by atoms with Gasteiger partial charge >= 0.3 is 31.1 Å². The Morgan fingerprint density at radius 3 is 2.04 bits per heavy atom. The Balaban J connectivity index is 0.00000372. The van der Waals surface area contributed by atoms with E-state index in [1.54, 1.807) is 0 Å². The first-order valence-corrected chi connectivity index (χ1v) is 17.5. The van der Waals surface area contributed by atoms with E-state index >= 15 is 0 Å². The third-order valence-electron chi connectivity index (χ3n) is 10.4. The molecule has 2 aromatic heterocycles. The smallest absolute Gasteiger partial charge is 0.456 e. The van der Waals surface area contributed by atoms with E-state index in [-0.39, 0.29) is 36.5 Å². The second-order valence-corrected chi connectivity index (χ2v) is 13.9. The standard InChI is InChI=1S/C48H31N3O.U/c1-48(2)40-26-24-33(30-13-5-3-6-14-30)28-39(40)36-25-23-34(29-41(36)48)32-17-11-18-35(27-32)46-49-45(31-15-7-4-8-16-31)50-47(51-46)38-20-12-22-43-44(38)37-19-9-10-21-42(37)52-43;/h3-13,15-23,25-29H,1-2H3;/q-2;+2. The van der Waals surface area contributed by atoms with Crippen molar-refractivity contribution in [3.8, 4) is 67.5 Å². The molecule has 10 rings (SSSR count). The molecule has 0 aliphatic heterocycles. The summed E-state index contributed by atoms with van der Waals surface area (Å²) in [7, 11) is 0. The van der Waals surface area contributed by atoms with Crippen LogP contribution in [0, 0.1) is 43.2 Å². The van der Waals surface area contributed by atoms with Crippen molar-refractivity contribution in [2.75, 3.05) is 0 Å². The summed E-state index contributed by atoms with van der Waals surface area (Å²) in [5.41, 5.74) is 13.7. The molecule has 0 atom stereocenters. The molecule has 0 unspecified atom stereocenters. The zero-order valence-corrected chi connectivity index (χ0v) is 33.3. The fourth-order valence-electron chi connectivity index (χ4n) is 7.71. The van der Waals surface area contributed by atoms with Gasteiger partial charge in [0.05, 0.1) is 0 Å². The van der Waals surface area contributed by atoms with Crippen molar-refractivity contribution in [3.05, 3.63) is 175 Å². The van der Waals surface area contributed by atoms with Crippen LogP contribution in [0.15, 0.2) is 156 Å². The number of fused-ring (bicyclic) bond motifs is 6. The van der Waals surface area contributed by atoms with Crippen LogP contribution in [0.25, 0.3) is 89.5 Å². The predicted octanol–water partition coefficient (Wildman–Crippen LogP) is 12.0. The van der Waals surface area contributed by atoms with Crippen LogP contribution in [0.1, 0.15) is 25.0 Å². The monoisotopic (exact) mass is 903 g/mol. The fraction of sp³-hybridized carbons (Fsp3) is 0.0625. The van der Waals surface area contributed by atoms with E-state index in [0.717, 1.165) is 60.9 Å². The molecule has 0 saturated heterocycles. The van der Waals surface area contributed by atoms with Gasteiger partial charge in [0.25, 0.3) is 0 Å². The molecular formula is C48H31N3OU. The van der Waals surface area contributed by atoms with Gasteiger partial charge in [-0.15, -0.1) is 17.2 Å². The number of rotatable bonds is 5. The Labute approximate surface area is 332 Å². The molecule has 0 spiro atoms. The van der Waals surface area contributed by atoms with Crippen molar-refractivity contribution in [1.29, 1.82) is 0 Å². The fourth-order valence-corrected chi connectivity index (χ4v) is 7.71. The van der Waals surface area contributed by atoms with Crippen LogP contribution >= 0.6 is 0 Å². The molecule has 1 aliphatic carbocycles. The van der Waals surface area contributed by atoms with Crippen LogP contribution in [0.5, 0.6) is 0 Å². The molecular weight excluding hydrogens is 873 g/mol. The molecule has 7 aromatic carbocycles. The van der Waals surface area contributed by atoms with Crippen LogP contribution in [0.3, 0.4) is 0 Å². The van der Waals surface area contributed by atoms with Gasteiger partial charge in [0, 0.05) is 27.5 Å². The molecule has 1 aliphatic rings. The molecule has 5 heteroatoms. The van der Waals surface area contributed by atoms with Crippen molar-refractivity contribution in [1.82, 2.24) is 15.0 Å². The first kappa shape index (κ1) is 33.3. The van der Waals surface area contributed by atoms with Gasteiger partial charge < -0.3 is 4.42 Å². The van der Waals surface area contributed by atoms with Crippen LogP contribution in [-0.2, 0) is 5.41 Å². The molecule has 0 amide bonds. The second kappa shape index (κ2) is 13.1. The SMILES string of the molecule is CC1(C)c2c[c-]c(-c3[c-]cccc3)cc2-c2ccc(-c3cccc(-c4nc(-c5ccccc5)nc(-c5cccc6oc7ccccc7c56)n4)c3)cc21.[U+2]. The largest absolute Gasteiger partial charge is 2.00 e. The van der Waals surface area contributed by atoms with E-state index in [4.69, 9.17) is 19.4 Å². The summed E-state index contributed by atoms with van der Waals surface area (Å²) in [6.07, 6.45) is 0. The molecule has 0 bridgehead atoms. The molecule has 0 fully saturated rings. The van der Waals surface area contributed by atoms with E-state index in [0.29, 0.717) is 17.5 Å². The first-order chi connectivity index (χ1) is 25.5. The number of nitrogens with zero attached hydrogens (tertiary/aromatic N) is 3. The molecule has 0 N–H and O–H groups in total. The minimum atomic E-state index is -0.167. The summed E-state index contributed by atoms with van der Waals surface area (Å²) in [4.78, 5) is 15.2. The topological polar surface area (TPSA) is 51.8 Å². The molecule has 0 radical (unpaired) electrons. The van der Waals surface area contributed by atoms with Crippen molar-refractivity contribution >= 4 is 21.9 Å². The summed E-state index contributed by atoms with van der Waals surface area (Å²) in [5.74, 6) is 1.84. The number of hydrogen-bond donors (Lipinski definition) is 0. The first-order valence-electron chi connectivity index (χ1n) is 17.5. The molecule has 9 aromatic rings. The zero-order chi connectivity index (χ0) is 34.8. The van der Waals surface area contributed by atoms with Crippen molar-refractivity contribution in [3.63, 3.8) is 0 Å². The Morgan fingerprint density at radius 1 is 0.491 bits per heavy atom. The van der Waals surface area contributed by atoms with Gasteiger partial charge in [0.1, 0.15) is 11.2 Å². The third-order valence-corrected chi connectivity index (χ3v) is 10.4. The quantitative estimate of drug-likeness (QED) is 0.162. The Kier molecular flexibility index (Phi) is 8.23. The third kappa shape index (κ3) is 5.64. The van der Waals surface area contributed by atoms with E-state index in [1.165, 1.54) is 22.3 Å². The normalized spacial score (nSPS) is 12.7. The van der Waals surface area contributed by atoms with Gasteiger partial charge in [-0.25, -0.2) is 26.1 Å². The number of hydrogen-bond acceptors (Lipinski definition) is 4. The Morgan fingerprint density at radius 2 is 1.19 bits per heavy atom. The summed E-state index contributed by atoms with van der Waals surface area (Å²) in [5, 5.41) is 2.03. The number of aromatic nitrogens is 3. The van der Waals surface area contributed by atoms with Gasteiger partial charge in [-0.3, -0.25) is 0 Å². The number of benzene rings is 7. The molecule has 248 valence electrons. The van der Waals surface area contributed by atoms with Gasteiger partial charge in [-0.05, 0) is 45.9 Å². The van der Waals surface area contributed by atoms with Crippen LogP contribution < -0.4 is 0 Å². The Hall–Kier alpha value is -5.60. The summed E-state index contributed by atoms with van der Waals surface area (Å²) >= 11 is 0. The predicted molar refractivity (Wildman–Crippen MR) is 210 cm³/mol. The van der Waals surface area contributed by atoms with Gasteiger partial charge in [0.2, 0.25) is 0 Å².